The van der Waals surface area contributed by atoms with Crippen molar-refractivity contribution in [2.75, 3.05) is 19.6 Å². The molecular formula is C13H23NO2. The van der Waals surface area contributed by atoms with E-state index in [4.69, 9.17) is 0 Å². The Morgan fingerprint density at radius 2 is 1.81 bits per heavy atom. The summed E-state index contributed by atoms with van der Waals surface area (Å²) in [7, 11) is 0. The van der Waals surface area contributed by atoms with E-state index in [1.54, 1.807) is 0 Å². The third kappa shape index (κ3) is 3.41. The van der Waals surface area contributed by atoms with Crippen molar-refractivity contribution in [1.29, 1.82) is 0 Å². The maximum Gasteiger partial charge on any atom is 0.149 e. The van der Waals surface area contributed by atoms with Crippen LogP contribution in [0, 0.1) is 17.8 Å². The fourth-order valence-corrected chi connectivity index (χ4v) is 2.08. The fourth-order valence-electron chi connectivity index (χ4n) is 2.08. The highest BCUT2D eigenvalue weighted by atomic mass is 16.1. The Balaban J connectivity index is 2.41. The molecule has 0 unspecified atom stereocenters. The van der Waals surface area contributed by atoms with E-state index in [9.17, 15) is 9.59 Å². The van der Waals surface area contributed by atoms with E-state index in [1.165, 1.54) is 0 Å². The van der Waals surface area contributed by atoms with Crippen molar-refractivity contribution in [2.24, 2.45) is 17.8 Å². The molecular weight excluding hydrogens is 202 g/mol. The molecule has 0 spiro atoms. The van der Waals surface area contributed by atoms with Gasteiger partial charge in [0.15, 0.2) is 0 Å². The lowest BCUT2D eigenvalue weighted by Crippen LogP contribution is -2.31. The van der Waals surface area contributed by atoms with E-state index in [-0.39, 0.29) is 23.5 Å². The summed E-state index contributed by atoms with van der Waals surface area (Å²) in [6.45, 7) is 9.93. The molecule has 0 bridgehead atoms. The zero-order valence-corrected chi connectivity index (χ0v) is 10.8. The van der Waals surface area contributed by atoms with Crippen LogP contribution in [0.3, 0.4) is 0 Å². The molecule has 0 radical (unpaired) electrons. The predicted molar refractivity (Wildman–Crippen MR) is 64.2 cm³/mol. The monoisotopic (exact) mass is 225 g/mol. The first-order valence-electron chi connectivity index (χ1n) is 6.20. The van der Waals surface area contributed by atoms with Gasteiger partial charge in [-0.3, -0.25) is 14.5 Å². The van der Waals surface area contributed by atoms with Gasteiger partial charge in [0.2, 0.25) is 0 Å². The number of carbonyl (C=O) groups is 2. The third-order valence-corrected chi connectivity index (χ3v) is 3.27. The molecule has 92 valence electrons. The molecule has 0 aromatic carbocycles. The molecule has 1 aliphatic rings. The standard InChI is InChI=1S/C13H23NO2/c1-9(2)12(15)8-14-6-5-11(7-14)13(16)10(3)4/h9-11H,5-8H2,1-4H3/t11-/m1/s1. The van der Waals surface area contributed by atoms with Crippen molar-refractivity contribution >= 4 is 11.6 Å². The van der Waals surface area contributed by atoms with Crippen molar-refractivity contribution in [1.82, 2.24) is 4.90 Å². The van der Waals surface area contributed by atoms with Crippen molar-refractivity contribution in [3.05, 3.63) is 0 Å². The Labute approximate surface area is 98.2 Å². The van der Waals surface area contributed by atoms with Gasteiger partial charge in [-0.05, 0) is 13.0 Å². The maximum absolute atomic E-state index is 11.8. The highest BCUT2D eigenvalue weighted by molar-refractivity contribution is 5.84. The second-order valence-corrected chi connectivity index (χ2v) is 5.40. The largest absolute Gasteiger partial charge is 0.299 e. The Morgan fingerprint density at radius 1 is 1.19 bits per heavy atom. The molecule has 0 aliphatic carbocycles. The minimum Gasteiger partial charge on any atom is -0.299 e. The number of carbonyl (C=O) groups excluding carboxylic acids is 2. The van der Waals surface area contributed by atoms with Crippen molar-refractivity contribution in [3.63, 3.8) is 0 Å². The number of rotatable bonds is 5. The van der Waals surface area contributed by atoms with E-state index < -0.39 is 0 Å². The van der Waals surface area contributed by atoms with Crippen LogP contribution in [0.2, 0.25) is 0 Å². The highest BCUT2D eigenvalue weighted by Gasteiger charge is 2.30. The molecule has 3 nitrogen and oxygen atoms in total. The summed E-state index contributed by atoms with van der Waals surface area (Å²) in [6, 6.07) is 0. The van der Waals surface area contributed by atoms with Crippen LogP contribution < -0.4 is 0 Å². The second-order valence-electron chi connectivity index (χ2n) is 5.40. The normalized spacial score (nSPS) is 22.0. The summed E-state index contributed by atoms with van der Waals surface area (Å²) in [6.07, 6.45) is 0.919. The lowest BCUT2D eigenvalue weighted by atomic mass is 9.95. The molecule has 3 heteroatoms. The molecule has 0 N–H and O–H groups in total. The van der Waals surface area contributed by atoms with Crippen LogP contribution in [0.1, 0.15) is 34.1 Å². The smallest absolute Gasteiger partial charge is 0.149 e. The van der Waals surface area contributed by atoms with E-state index in [0.717, 1.165) is 19.5 Å². The maximum atomic E-state index is 11.8. The quantitative estimate of drug-likeness (QED) is 0.715. The number of nitrogens with zero attached hydrogens (tertiary/aromatic N) is 1. The summed E-state index contributed by atoms with van der Waals surface area (Å²) in [4.78, 5) is 25.5. The van der Waals surface area contributed by atoms with Crippen LogP contribution in [-0.2, 0) is 9.59 Å². The van der Waals surface area contributed by atoms with E-state index in [1.807, 2.05) is 27.7 Å². The lowest BCUT2D eigenvalue weighted by Gasteiger charge is -2.16. The fraction of sp³-hybridized carbons (Fsp3) is 0.846. The highest BCUT2D eigenvalue weighted by Crippen LogP contribution is 2.20. The number of ketones is 2. The predicted octanol–water partition coefficient (Wildman–Crippen LogP) is 1.76. The number of hydrogen-bond acceptors (Lipinski definition) is 3. The minimum atomic E-state index is 0.0971. The van der Waals surface area contributed by atoms with Crippen molar-refractivity contribution < 1.29 is 9.59 Å². The van der Waals surface area contributed by atoms with Crippen molar-refractivity contribution in [3.8, 4) is 0 Å². The molecule has 0 saturated carbocycles. The van der Waals surface area contributed by atoms with Gasteiger partial charge in [0.05, 0.1) is 6.54 Å². The van der Waals surface area contributed by atoms with Gasteiger partial charge in [0.25, 0.3) is 0 Å². The molecule has 0 amide bonds. The number of Topliss-reactive ketones (excluding diaryl/α,β-unsaturated/α-hetero) is 2. The Bertz CT molecular complexity index is 271. The molecule has 1 aliphatic heterocycles. The van der Waals surface area contributed by atoms with E-state index >= 15 is 0 Å². The first-order chi connectivity index (χ1) is 7.41. The summed E-state index contributed by atoms with van der Waals surface area (Å²) in [5, 5.41) is 0. The van der Waals surface area contributed by atoms with Gasteiger partial charge in [-0.25, -0.2) is 0 Å². The average Bonchev–Trinajstić information content (AvgIpc) is 2.64. The Hall–Kier alpha value is -0.700. The molecule has 1 rings (SSSR count). The van der Waals surface area contributed by atoms with Gasteiger partial charge >= 0.3 is 0 Å². The molecule has 1 heterocycles. The van der Waals surface area contributed by atoms with Crippen LogP contribution >= 0.6 is 0 Å². The molecule has 1 fully saturated rings. The molecule has 1 atom stereocenters. The van der Waals surface area contributed by atoms with Gasteiger partial charge in [0, 0.05) is 24.3 Å². The van der Waals surface area contributed by atoms with Crippen LogP contribution in [0.5, 0.6) is 0 Å². The average molecular weight is 225 g/mol. The molecule has 0 aromatic rings. The van der Waals surface area contributed by atoms with Crippen molar-refractivity contribution in [2.45, 2.75) is 34.1 Å². The Morgan fingerprint density at radius 3 is 2.31 bits per heavy atom. The zero-order valence-electron chi connectivity index (χ0n) is 10.8. The van der Waals surface area contributed by atoms with Gasteiger partial charge in [-0.15, -0.1) is 0 Å². The third-order valence-electron chi connectivity index (χ3n) is 3.27. The van der Waals surface area contributed by atoms with Gasteiger partial charge in [-0.1, -0.05) is 27.7 Å². The second kappa shape index (κ2) is 5.58. The molecule has 1 saturated heterocycles. The first kappa shape index (κ1) is 13.4. The van der Waals surface area contributed by atoms with Crippen LogP contribution in [-0.4, -0.2) is 36.1 Å². The summed E-state index contributed by atoms with van der Waals surface area (Å²) in [5.74, 6) is 0.989. The van der Waals surface area contributed by atoms with Gasteiger partial charge in [-0.2, -0.15) is 0 Å². The van der Waals surface area contributed by atoms with Crippen LogP contribution in [0.15, 0.2) is 0 Å². The molecule has 16 heavy (non-hydrogen) atoms. The van der Waals surface area contributed by atoms with Crippen LogP contribution in [0.4, 0.5) is 0 Å². The van der Waals surface area contributed by atoms with Crippen LogP contribution in [0.25, 0.3) is 0 Å². The summed E-state index contributed by atoms with van der Waals surface area (Å²) >= 11 is 0. The summed E-state index contributed by atoms with van der Waals surface area (Å²) in [5.41, 5.74) is 0. The van der Waals surface area contributed by atoms with E-state index in [2.05, 4.69) is 4.90 Å². The van der Waals surface area contributed by atoms with Gasteiger partial charge < -0.3 is 0 Å². The topological polar surface area (TPSA) is 37.4 Å². The first-order valence-corrected chi connectivity index (χ1v) is 6.20. The minimum absolute atomic E-state index is 0.0971. The Kier molecular flexibility index (Phi) is 4.66. The van der Waals surface area contributed by atoms with Gasteiger partial charge in [0.1, 0.15) is 11.6 Å². The molecule has 0 aromatic heterocycles. The summed E-state index contributed by atoms with van der Waals surface area (Å²) < 4.78 is 0. The number of hydrogen-bond donors (Lipinski definition) is 0. The van der Waals surface area contributed by atoms with E-state index in [0.29, 0.717) is 12.3 Å². The number of likely N-dealkylation sites (tertiary alicyclic amines) is 1. The lowest BCUT2D eigenvalue weighted by molar-refractivity contribution is -0.126. The zero-order chi connectivity index (χ0) is 12.3. The SMILES string of the molecule is CC(C)C(=O)CN1CC[C@@H](C(=O)C(C)C)C1.